The zero-order valence-electron chi connectivity index (χ0n) is 6.73. The molecule has 1 aliphatic rings. The second-order valence-electron chi connectivity index (χ2n) is 3.36. The molecule has 0 saturated heterocycles. The van der Waals surface area contributed by atoms with Gasteiger partial charge in [0.25, 0.3) is 5.92 Å². The highest BCUT2D eigenvalue weighted by atomic mass is 19.3. The third kappa shape index (κ3) is 1.13. The molecular weight excluding hydrogens is 179 g/mol. The Kier molecular flexibility index (Phi) is 1.49. The molecule has 1 unspecified atom stereocenters. The van der Waals surface area contributed by atoms with Crippen molar-refractivity contribution in [2.75, 3.05) is 0 Å². The molecule has 1 fully saturated rings. The van der Waals surface area contributed by atoms with Crippen LogP contribution in [0.1, 0.15) is 12.0 Å². The fourth-order valence-corrected chi connectivity index (χ4v) is 1.39. The average Bonchev–Trinajstić information content (AvgIpc) is 2.53. The van der Waals surface area contributed by atoms with Crippen molar-refractivity contribution in [3.8, 4) is 0 Å². The van der Waals surface area contributed by atoms with E-state index in [0.717, 1.165) is 6.07 Å². The number of alkyl halides is 2. The van der Waals surface area contributed by atoms with E-state index in [1.165, 1.54) is 18.2 Å². The molecule has 0 radical (unpaired) electrons. The lowest BCUT2D eigenvalue weighted by molar-refractivity contribution is 0.0890. The van der Waals surface area contributed by atoms with E-state index in [4.69, 9.17) is 5.73 Å². The Morgan fingerprint density at radius 3 is 2.38 bits per heavy atom. The fraction of sp³-hybridized carbons (Fsp3) is 0.333. The van der Waals surface area contributed by atoms with Crippen molar-refractivity contribution >= 4 is 0 Å². The minimum Gasteiger partial charge on any atom is -0.316 e. The lowest BCUT2D eigenvalue weighted by Crippen LogP contribution is -2.27. The number of halogens is 3. The molecule has 1 aromatic rings. The molecule has 0 heterocycles. The molecular formula is C9H8F3N. The Morgan fingerprint density at radius 2 is 1.92 bits per heavy atom. The van der Waals surface area contributed by atoms with Crippen LogP contribution in [-0.2, 0) is 5.54 Å². The van der Waals surface area contributed by atoms with E-state index in [-0.39, 0.29) is 5.56 Å². The first-order chi connectivity index (χ1) is 5.96. The van der Waals surface area contributed by atoms with Crippen molar-refractivity contribution in [3.63, 3.8) is 0 Å². The van der Waals surface area contributed by atoms with Gasteiger partial charge in [-0.3, -0.25) is 0 Å². The van der Waals surface area contributed by atoms with Crippen LogP contribution in [0.4, 0.5) is 13.2 Å². The summed E-state index contributed by atoms with van der Waals surface area (Å²) >= 11 is 0. The Hall–Kier alpha value is -1.03. The van der Waals surface area contributed by atoms with Gasteiger partial charge in [-0.2, -0.15) is 0 Å². The van der Waals surface area contributed by atoms with E-state index in [0.29, 0.717) is 0 Å². The van der Waals surface area contributed by atoms with Crippen LogP contribution in [0.3, 0.4) is 0 Å². The standard InChI is InChI=1S/C9H8F3N/c10-7-3-1-2-6(4-7)8(13)5-9(8,11)12/h1-4H,5,13H2. The molecule has 1 nitrogen and oxygen atoms in total. The third-order valence-electron chi connectivity index (χ3n) is 2.37. The van der Waals surface area contributed by atoms with Crippen LogP contribution >= 0.6 is 0 Å². The van der Waals surface area contributed by atoms with Crippen molar-refractivity contribution in [3.05, 3.63) is 35.6 Å². The molecule has 1 aliphatic carbocycles. The minimum atomic E-state index is -2.89. The summed E-state index contributed by atoms with van der Waals surface area (Å²) in [5, 5.41) is 0. The van der Waals surface area contributed by atoms with Crippen LogP contribution < -0.4 is 5.73 Å². The lowest BCUT2D eigenvalue weighted by Gasteiger charge is -2.09. The first kappa shape index (κ1) is 8.56. The fourth-order valence-electron chi connectivity index (χ4n) is 1.39. The maximum Gasteiger partial charge on any atom is 0.272 e. The number of nitrogens with two attached hydrogens (primary N) is 1. The number of hydrogen-bond donors (Lipinski definition) is 1. The molecule has 0 spiro atoms. The summed E-state index contributed by atoms with van der Waals surface area (Å²) < 4.78 is 38.2. The van der Waals surface area contributed by atoms with Crippen LogP contribution in [0.2, 0.25) is 0 Å². The van der Waals surface area contributed by atoms with E-state index in [9.17, 15) is 13.2 Å². The Bertz CT molecular complexity index is 350. The first-order valence-corrected chi connectivity index (χ1v) is 3.88. The minimum absolute atomic E-state index is 0.164. The molecule has 70 valence electrons. The number of benzene rings is 1. The van der Waals surface area contributed by atoms with Gasteiger partial charge < -0.3 is 5.73 Å². The van der Waals surface area contributed by atoms with E-state index >= 15 is 0 Å². The van der Waals surface area contributed by atoms with Gasteiger partial charge in [-0.1, -0.05) is 12.1 Å². The molecule has 1 aromatic carbocycles. The summed E-state index contributed by atoms with van der Waals surface area (Å²) in [5.41, 5.74) is 3.92. The van der Waals surface area contributed by atoms with Crippen LogP contribution in [0.5, 0.6) is 0 Å². The van der Waals surface area contributed by atoms with Gasteiger partial charge in [0.15, 0.2) is 0 Å². The predicted octanol–water partition coefficient (Wildman–Crippen LogP) is 2.02. The zero-order chi connectivity index (χ0) is 9.69. The molecule has 0 bridgehead atoms. The highest BCUT2D eigenvalue weighted by Gasteiger charge is 2.69. The molecule has 1 atom stereocenters. The molecule has 4 heteroatoms. The predicted molar refractivity (Wildman–Crippen MR) is 41.8 cm³/mol. The summed E-state index contributed by atoms with van der Waals surface area (Å²) in [5.74, 6) is -3.43. The smallest absolute Gasteiger partial charge is 0.272 e. The summed E-state index contributed by atoms with van der Waals surface area (Å²) in [4.78, 5) is 0. The van der Waals surface area contributed by atoms with E-state index in [1.807, 2.05) is 0 Å². The summed E-state index contributed by atoms with van der Waals surface area (Å²) in [6.45, 7) is 0. The van der Waals surface area contributed by atoms with Gasteiger partial charge in [0.1, 0.15) is 11.4 Å². The van der Waals surface area contributed by atoms with Crippen molar-refractivity contribution < 1.29 is 13.2 Å². The summed E-state index contributed by atoms with van der Waals surface area (Å²) in [7, 11) is 0. The zero-order valence-corrected chi connectivity index (χ0v) is 6.73. The maximum atomic E-state index is 12.8. The van der Waals surface area contributed by atoms with Gasteiger partial charge in [-0.25, -0.2) is 13.2 Å². The number of hydrogen-bond acceptors (Lipinski definition) is 1. The second-order valence-corrected chi connectivity index (χ2v) is 3.36. The van der Waals surface area contributed by atoms with Gasteiger partial charge in [-0.05, 0) is 17.7 Å². The van der Waals surface area contributed by atoms with Crippen molar-refractivity contribution in [2.45, 2.75) is 17.9 Å². The maximum absolute atomic E-state index is 12.8. The van der Waals surface area contributed by atoms with Gasteiger partial charge in [0.2, 0.25) is 0 Å². The van der Waals surface area contributed by atoms with Crippen LogP contribution in [-0.4, -0.2) is 5.92 Å². The summed E-state index contributed by atoms with van der Waals surface area (Å²) in [6, 6.07) is 5.06. The van der Waals surface area contributed by atoms with Gasteiger partial charge in [0, 0.05) is 6.42 Å². The summed E-state index contributed by atoms with van der Waals surface area (Å²) in [6.07, 6.45) is -0.399. The topological polar surface area (TPSA) is 26.0 Å². The molecule has 2 N–H and O–H groups in total. The Labute approximate surface area is 73.4 Å². The molecule has 0 amide bonds. The van der Waals surface area contributed by atoms with Crippen molar-refractivity contribution in [2.24, 2.45) is 5.73 Å². The average molecular weight is 187 g/mol. The highest BCUT2D eigenvalue weighted by molar-refractivity contribution is 5.35. The molecule has 0 aromatic heterocycles. The van der Waals surface area contributed by atoms with Gasteiger partial charge in [0.05, 0.1) is 0 Å². The van der Waals surface area contributed by atoms with Gasteiger partial charge >= 0.3 is 0 Å². The molecule has 0 aliphatic heterocycles. The largest absolute Gasteiger partial charge is 0.316 e. The van der Waals surface area contributed by atoms with Crippen molar-refractivity contribution in [1.29, 1.82) is 0 Å². The Balaban J connectivity index is 2.38. The molecule has 13 heavy (non-hydrogen) atoms. The third-order valence-corrected chi connectivity index (χ3v) is 2.37. The molecule has 1 saturated carbocycles. The lowest BCUT2D eigenvalue weighted by atomic mass is 10.1. The molecule has 2 rings (SSSR count). The van der Waals surface area contributed by atoms with Crippen LogP contribution in [0, 0.1) is 5.82 Å². The van der Waals surface area contributed by atoms with E-state index < -0.39 is 23.7 Å². The SMILES string of the molecule is NC1(c2cccc(F)c2)CC1(F)F. The second kappa shape index (κ2) is 2.26. The normalized spacial score (nSPS) is 30.2. The van der Waals surface area contributed by atoms with Gasteiger partial charge in [-0.15, -0.1) is 0 Å². The monoisotopic (exact) mass is 187 g/mol. The van der Waals surface area contributed by atoms with E-state index in [1.54, 1.807) is 0 Å². The number of rotatable bonds is 1. The first-order valence-electron chi connectivity index (χ1n) is 3.88. The quantitative estimate of drug-likeness (QED) is 0.715. The van der Waals surface area contributed by atoms with Crippen molar-refractivity contribution in [1.82, 2.24) is 0 Å². The van der Waals surface area contributed by atoms with Crippen LogP contribution in [0.25, 0.3) is 0 Å². The Morgan fingerprint density at radius 1 is 1.31 bits per heavy atom. The highest BCUT2D eigenvalue weighted by Crippen LogP contribution is 2.57. The van der Waals surface area contributed by atoms with E-state index in [2.05, 4.69) is 0 Å². The van der Waals surface area contributed by atoms with Crippen LogP contribution in [0.15, 0.2) is 24.3 Å².